The van der Waals surface area contributed by atoms with Gasteiger partial charge in [0.2, 0.25) is 0 Å². The number of nitrogens with one attached hydrogen (secondary N) is 2. The van der Waals surface area contributed by atoms with E-state index in [1.165, 1.54) is 0 Å². The molecule has 2 N–H and O–H groups in total. The van der Waals surface area contributed by atoms with Crippen molar-refractivity contribution >= 4 is 17.9 Å². The second-order valence-electron chi connectivity index (χ2n) is 4.16. The SMILES string of the molecule is CCOc1ccccc1/C=N\NC(=O)Nc1ccccc1. The van der Waals surface area contributed by atoms with Crippen molar-refractivity contribution in [2.24, 2.45) is 5.10 Å². The molecule has 0 aromatic heterocycles. The van der Waals surface area contributed by atoms with Crippen LogP contribution in [0.4, 0.5) is 10.5 Å². The number of para-hydroxylation sites is 2. The quantitative estimate of drug-likeness (QED) is 0.653. The molecule has 0 aliphatic heterocycles. The van der Waals surface area contributed by atoms with Crippen LogP contribution in [-0.4, -0.2) is 18.9 Å². The lowest BCUT2D eigenvalue weighted by Gasteiger charge is -2.06. The Kier molecular flexibility index (Phi) is 5.34. The standard InChI is InChI=1S/C16H17N3O2/c1-2-21-15-11-7-6-8-13(15)12-17-19-16(20)18-14-9-4-3-5-10-14/h3-12H,2H2,1H3,(H2,18,19,20)/b17-12-. The van der Waals surface area contributed by atoms with Gasteiger partial charge in [0.1, 0.15) is 5.75 Å². The zero-order valence-electron chi connectivity index (χ0n) is 11.7. The molecule has 0 fully saturated rings. The largest absolute Gasteiger partial charge is 0.493 e. The van der Waals surface area contributed by atoms with Crippen molar-refractivity contribution in [2.75, 3.05) is 11.9 Å². The third kappa shape index (κ3) is 4.65. The molecule has 0 aliphatic carbocycles. The van der Waals surface area contributed by atoms with E-state index in [-0.39, 0.29) is 0 Å². The fraction of sp³-hybridized carbons (Fsp3) is 0.125. The molecule has 2 aromatic carbocycles. The third-order valence-corrected chi connectivity index (χ3v) is 2.62. The minimum Gasteiger partial charge on any atom is -0.493 e. The number of amides is 2. The van der Waals surface area contributed by atoms with Crippen LogP contribution in [0.5, 0.6) is 5.75 Å². The number of anilines is 1. The molecule has 0 heterocycles. The van der Waals surface area contributed by atoms with Gasteiger partial charge in [0.25, 0.3) is 0 Å². The first-order valence-electron chi connectivity index (χ1n) is 6.66. The summed E-state index contributed by atoms with van der Waals surface area (Å²) in [6.07, 6.45) is 1.55. The fourth-order valence-electron chi connectivity index (χ4n) is 1.72. The van der Waals surface area contributed by atoms with Gasteiger partial charge in [0.15, 0.2) is 0 Å². The summed E-state index contributed by atoms with van der Waals surface area (Å²) in [7, 11) is 0. The van der Waals surface area contributed by atoms with E-state index in [0.29, 0.717) is 12.3 Å². The number of rotatable bonds is 5. The fourth-order valence-corrected chi connectivity index (χ4v) is 1.72. The molecule has 0 saturated heterocycles. The number of nitrogens with zero attached hydrogens (tertiary/aromatic N) is 1. The molecule has 0 unspecified atom stereocenters. The Balaban J connectivity index is 1.92. The third-order valence-electron chi connectivity index (χ3n) is 2.62. The van der Waals surface area contributed by atoms with Crippen LogP contribution in [0.1, 0.15) is 12.5 Å². The summed E-state index contributed by atoms with van der Waals surface area (Å²) in [5, 5.41) is 6.59. The number of hydrazone groups is 1. The van der Waals surface area contributed by atoms with Crippen molar-refractivity contribution in [1.82, 2.24) is 5.43 Å². The topological polar surface area (TPSA) is 62.7 Å². The van der Waals surface area contributed by atoms with Crippen LogP contribution >= 0.6 is 0 Å². The maximum Gasteiger partial charge on any atom is 0.339 e. The van der Waals surface area contributed by atoms with Gasteiger partial charge in [-0.1, -0.05) is 30.3 Å². The van der Waals surface area contributed by atoms with Crippen molar-refractivity contribution in [3.63, 3.8) is 0 Å². The van der Waals surface area contributed by atoms with Crippen molar-refractivity contribution in [3.05, 3.63) is 60.2 Å². The average Bonchev–Trinajstić information content (AvgIpc) is 2.50. The van der Waals surface area contributed by atoms with E-state index in [4.69, 9.17) is 4.74 Å². The Labute approximate surface area is 123 Å². The molecule has 0 spiro atoms. The van der Waals surface area contributed by atoms with Crippen molar-refractivity contribution in [1.29, 1.82) is 0 Å². The number of carbonyl (C=O) groups excluding carboxylic acids is 1. The number of benzene rings is 2. The van der Waals surface area contributed by atoms with E-state index < -0.39 is 6.03 Å². The number of urea groups is 1. The smallest absolute Gasteiger partial charge is 0.339 e. The highest BCUT2D eigenvalue weighted by Crippen LogP contribution is 2.15. The summed E-state index contributed by atoms with van der Waals surface area (Å²) in [6, 6.07) is 16.3. The summed E-state index contributed by atoms with van der Waals surface area (Å²) >= 11 is 0. The van der Waals surface area contributed by atoms with Crippen LogP contribution in [0.15, 0.2) is 59.7 Å². The molecule has 0 atom stereocenters. The molecule has 5 nitrogen and oxygen atoms in total. The molecular formula is C16H17N3O2. The van der Waals surface area contributed by atoms with Crippen LogP contribution in [-0.2, 0) is 0 Å². The maximum absolute atomic E-state index is 11.6. The van der Waals surface area contributed by atoms with Crippen LogP contribution in [0.2, 0.25) is 0 Å². The molecule has 21 heavy (non-hydrogen) atoms. The number of carbonyl (C=O) groups is 1. The molecule has 108 valence electrons. The highest BCUT2D eigenvalue weighted by atomic mass is 16.5. The Morgan fingerprint density at radius 2 is 1.86 bits per heavy atom. The van der Waals surface area contributed by atoms with Gasteiger partial charge in [0.05, 0.1) is 12.8 Å². The van der Waals surface area contributed by atoms with Crippen LogP contribution in [0, 0.1) is 0 Å². The first-order chi connectivity index (χ1) is 10.3. The molecule has 2 amide bonds. The Morgan fingerprint density at radius 1 is 1.14 bits per heavy atom. The van der Waals surface area contributed by atoms with Gasteiger partial charge in [-0.3, -0.25) is 0 Å². The Bertz CT molecular complexity index is 612. The molecule has 0 aliphatic rings. The second-order valence-corrected chi connectivity index (χ2v) is 4.16. The predicted molar refractivity (Wildman–Crippen MR) is 83.8 cm³/mol. The van der Waals surface area contributed by atoms with E-state index in [1.54, 1.807) is 18.3 Å². The minimum absolute atomic E-state index is 0.397. The molecule has 0 radical (unpaired) electrons. The number of hydrogen-bond acceptors (Lipinski definition) is 3. The predicted octanol–water partition coefficient (Wildman–Crippen LogP) is 3.24. The highest BCUT2D eigenvalue weighted by Gasteiger charge is 2.00. The summed E-state index contributed by atoms with van der Waals surface area (Å²) < 4.78 is 5.47. The summed E-state index contributed by atoms with van der Waals surface area (Å²) in [4.78, 5) is 11.6. The summed E-state index contributed by atoms with van der Waals surface area (Å²) in [5.74, 6) is 0.731. The second kappa shape index (κ2) is 7.69. The Morgan fingerprint density at radius 3 is 2.62 bits per heavy atom. The zero-order chi connectivity index (χ0) is 14.9. The maximum atomic E-state index is 11.6. The van der Waals surface area contributed by atoms with E-state index in [9.17, 15) is 4.79 Å². The zero-order valence-corrected chi connectivity index (χ0v) is 11.7. The van der Waals surface area contributed by atoms with Gasteiger partial charge in [-0.25, -0.2) is 10.2 Å². The first kappa shape index (κ1) is 14.6. The van der Waals surface area contributed by atoms with Gasteiger partial charge in [0, 0.05) is 11.3 Å². The highest BCUT2D eigenvalue weighted by molar-refractivity contribution is 5.90. The van der Waals surface area contributed by atoms with E-state index in [0.717, 1.165) is 11.3 Å². The molecule has 5 heteroatoms. The van der Waals surface area contributed by atoms with Gasteiger partial charge in [-0.05, 0) is 31.2 Å². The lowest BCUT2D eigenvalue weighted by Crippen LogP contribution is -2.24. The van der Waals surface area contributed by atoms with E-state index >= 15 is 0 Å². The number of hydrogen-bond donors (Lipinski definition) is 2. The van der Waals surface area contributed by atoms with Crippen LogP contribution < -0.4 is 15.5 Å². The molecular weight excluding hydrogens is 266 g/mol. The first-order valence-corrected chi connectivity index (χ1v) is 6.66. The van der Waals surface area contributed by atoms with Crippen LogP contribution in [0.25, 0.3) is 0 Å². The molecule has 2 rings (SSSR count). The van der Waals surface area contributed by atoms with Gasteiger partial charge in [-0.2, -0.15) is 5.10 Å². The summed E-state index contributed by atoms with van der Waals surface area (Å²) in [5.41, 5.74) is 3.93. The normalized spacial score (nSPS) is 10.3. The minimum atomic E-state index is -0.397. The average molecular weight is 283 g/mol. The number of ether oxygens (including phenoxy) is 1. The lowest BCUT2D eigenvalue weighted by molar-refractivity contribution is 0.252. The summed E-state index contributed by atoms with van der Waals surface area (Å²) in [6.45, 7) is 2.49. The van der Waals surface area contributed by atoms with Gasteiger partial charge in [-0.15, -0.1) is 0 Å². The molecule has 0 bridgehead atoms. The van der Waals surface area contributed by atoms with E-state index in [2.05, 4.69) is 15.8 Å². The molecule has 2 aromatic rings. The van der Waals surface area contributed by atoms with Gasteiger partial charge < -0.3 is 10.1 Å². The monoisotopic (exact) mass is 283 g/mol. The van der Waals surface area contributed by atoms with Gasteiger partial charge >= 0.3 is 6.03 Å². The van der Waals surface area contributed by atoms with Crippen molar-refractivity contribution in [2.45, 2.75) is 6.92 Å². The lowest BCUT2D eigenvalue weighted by atomic mass is 10.2. The van der Waals surface area contributed by atoms with E-state index in [1.807, 2.05) is 49.4 Å². The van der Waals surface area contributed by atoms with Crippen molar-refractivity contribution < 1.29 is 9.53 Å². The Hall–Kier alpha value is -2.82. The van der Waals surface area contributed by atoms with Crippen LogP contribution in [0.3, 0.4) is 0 Å². The van der Waals surface area contributed by atoms with Crippen molar-refractivity contribution in [3.8, 4) is 5.75 Å². The molecule has 0 saturated carbocycles.